The van der Waals surface area contributed by atoms with E-state index in [4.69, 9.17) is 9.47 Å². The predicted molar refractivity (Wildman–Crippen MR) is 125 cm³/mol. The summed E-state index contributed by atoms with van der Waals surface area (Å²) in [4.78, 5) is 25.2. The monoisotopic (exact) mass is 422 g/mol. The SMILES string of the molecule is COc1ccc2c(c1)CCc1cc(OC(=O)c3cc4ccccc4cc3C(C)=O)ccc1-2. The highest BCUT2D eigenvalue weighted by Gasteiger charge is 2.21. The van der Waals surface area contributed by atoms with Crippen LogP contribution in [0.3, 0.4) is 0 Å². The third kappa shape index (κ3) is 3.54. The van der Waals surface area contributed by atoms with Crippen molar-refractivity contribution in [2.75, 3.05) is 7.11 Å². The number of benzene rings is 4. The summed E-state index contributed by atoms with van der Waals surface area (Å²) in [5.74, 6) is 0.643. The van der Waals surface area contributed by atoms with Crippen molar-refractivity contribution in [3.63, 3.8) is 0 Å². The number of rotatable bonds is 4. The normalized spacial score (nSPS) is 12.1. The fraction of sp³-hybridized carbons (Fsp3) is 0.143. The molecule has 0 aromatic heterocycles. The minimum Gasteiger partial charge on any atom is -0.497 e. The third-order valence-corrected chi connectivity index (χ3v) is 6.04. The second-order valence-corrected chi connectivity index (χ2v) is 8.03. The Labute approximate surface area is 186 Å². The molecule has 0 N–H and O–H groups in total. The van der Waals surface area contributed by atoms with Gasteiger partial charge in [-0.05, 0) is 89.2 Å². The minimum absolute atomic E-state index is 0.167. The summed E-state index contributed by atoms with van der Waals surface area (Å²) in [6, 6.07) is 23.0. The summed E-state index contributed by atoms with van der Waals surface area (Å²) >= 11 is 0. The van der Waals surface area contributed by atoms with Gasteiger partial charge in [-0.2, -0.15) is 0 Å². The number of hydrogen-bond acceptors (Lipinski definition) is 4. The van der Waals surface area contributed by atoms with Gasteiger partial charge in [-0.25, -0.2) is 4.79 Å². The number of ketones is 1. The molecule has 0 saturated carbocycles. The Morgan fingerprint density at radius 1 is 0.719 bits per heavy atom. The molecular weight excluding hydrogens is 400 g/mol. The summed E-state index contributed by atoms with van der Waals surface area (Å²) in [5, 5.41) is 1.81. The zero-order valence-corrected chi connectivity index (χ0v) is 18.0. The summed E-state index contributed by atoms with van der Waals surface area (Å²) in [5.41, 5.74) is 5.37. The van der Waals surface area contributed by atoms with Crippen LogP contribution < -0.4 is 9.47 Å². The van der Waals surface area contributed by atoms with Crippen LogP contribution in [0.1, 0.15) is 38.8 Å². The van der Waals surface area contributed by atoms with Gasteiger partial charge in [-0.1, -0.05) is 36.4 Å². The minimum atomic E-state index is -0.526. The fourth-order valence-electron chi connectivity index (χ4n) is 4.40. The molecule has 1 aliphatic carbocycles. The van der Waals surface area contributed by atoms with Crippen molar-refractivity contribution in [3.05, 3.63) is 95.1 Å². The molecule has 0 atom stereocenters. The van der Waals surface area contributed by atoms with Gasteiger partial charge in [-0.15, -0.1) is 0 Å². The van der Waals surface area contributed by atoms with Crippen LogP contribution in [-0.4, -0.2) is 18.9 Å². The van der Waals surface area contributed by atoms with Crippen molar-refractivity contribution >= 4 is 22.5 Å². The Balaban J connectivity index is 1.47. The lowest BCUT2D eigenvalue weighted by Gasteiger charge is -2.21. The molecule has 0 heterocycles. The molecule has 0 fully saturated rings. The van der Waals surface area contributed by atoms with Gasteiger partial charge in [0.25, 0.3) is 0 Å². The first-order valence-corrected chi connectivity index (χ1v) is 10.6. The average Bonchev–Trinajstić information content (AvgIpc) is 2.82. The molecule has 0 aliphatic heterocycles. The highest BCUT2D eigenvalue weighted by Crippen LogP contribution is 2.37. The molecule has 158 valence electrons. The van der Waals surface area contributed by atoms with Crippen molar-refractivity contribution in [2.45, 2.75) is 19.8 Å². The van der Waals surface area contributed by atoms with E-state index in [1.165, 1.54) is 18.1 Å². The molecule has 0 saturated heterocycles. The molecule has 4 nitrogen and oxygen atoms in total. The number of ether oxygens (including phenoxy) is 2. The number of Topliss-reactive ketones (excluding diaryl/α,β-unsaturated/α-hetero) is 1. The molecule has 0 radical (unpaired) electrons. The lowest BCUT2D eigenvalue weighted by Crippen LogP contribution is -2.14. The second kappa shape index (κ2) is 7.97. The van der Waals surface area contributed by atoms with E-state index < -0.39 is 5.97 Å². The Morgan fingerprint density at radius 2 is 1.28 bits per heavy atom. The van der Waals surface area contributed by atoms with Crippen LogP contribution >= 0.6 is 0 Å². The van der Waals surface area contributed by atoms with Crippen molar-refractivity contribution in [1.29, 1.82) is 0 Å². The molecular formula is C28H22O4. The van der Waals surface area contributed by atoms with Crippen LogP contribution in [-0.2, 0) is 12.8 Å². The van der Waals surface area contributed by atoms with E-state index in [0.717, 1.165) is 40.5 Å². The van der Waals surface area contributed by atoms with E-state index in [-0.39, 0.29) is 11.3 Å². The first-order chi connectivity index (χ1) is 15.5. The first kappa shape index (κ1) is 20.0. The van der Waals surface area contributed by atoms with Gasteiger partial charge in [-0.3, -0.25) is 4.79 Å². The van der Waals surface area contributed by atoms with Crippen molar-refractivity contribution < 1.29 is 19.1 Å². The van der Waals surface area contributed by atoms with E-state index in [2.05, 4.69) is 12.1 Å². The van der Waals surface area contributed by atoms with Crippen molar-refractivity contribution in [1.82, 2.24) is 0 Å². The third-order valence-electron chi connectivity index (χ3n) is 6.04. The highest BCUT2D eigenvalue weighted by molar-refractivity contribution is 6.09. The van der Waals surface area contributed by atoms with Crippen LogP contribution in [0.4, 0.5) is 0 Å². The number of hydrogen-bond donors (Lipinski definition) is 0. The Kier molecular flexibility index (Phi) is 4.98. The lowest BCUT2D eigenvalue weighted by molar-refractivity contribution is 0.0730. The van der Waals surface area contributed by atoms with Gasteiger partial charge in [0.15, 0.2) is 5.78 Å². The lowest BCUT2D eigenvalue weighted by atomic mass is 9.85. The predicted octanol–water partition coefficient (Wildman–Crippen LogP) is 6.04. The molecule has 0 bridgehead atoms. The first-order valence-electron chi connectivity index (χ1n) is 10.6. The number of fused-ring (bicyclic) bond motifs is 4. The van der Waals surface area contributed by atoms with E-state index in [1.54, 1.807) is 19.2 Å². The fourth-order valence-corrected chi connectivity index (χ4v) is 4.40. The number of aryl methyl sites for hydroxylation is 2. The van der Waals surface area contributed by atoms with Crippen LogP contribution in [0.2, 0.25) is 0 Å². The molecule has 5 rings (SSSR count). The molecule has 0 unspecified atom stereocenters. The molecule has 4 heteroatoms. The van der Waals surface area contributed by atoms with Crippen molar-refractivity contribution in [3.8, 4) is 22.6 Å². The van der Waals surface area contributed by atoms with Crippen LogP contribution in [0, 0.1) is 0 Å². The van der Waals surface area contributed by atoms with Crippen LogP contribution in [0.25, 0.3) is 21.9 Å². The topological polar surface area (TPSA) is 52.6 Å². The number of carbonyl (C=O) groups excluding carboxylic acids is 2. The van der Waals surface area contributed by atoms with E-state index in [9.17, 15) is 9.59 Å². The summed E-state index contributed by atoms with van der Waals surface area (Å²) in [6.45, 7) is 1.46. The van der Waals surface area contributed by atoms with Gasteiger partial charge in [0, 0.05) is 5.56 Å². The largest absolute Gasteiger partial charge is 0.497 e. The van der Waals surface area contributed by atoms with Crippen LogP contribution in [0.5, 0.6) is 11.5 Å². The summed E-state index contributed by atoms with van der Waals surface area (Å²) < 4.78 is 11.1. The summed E-state index contributed by atoms with van der Waals surface area (Å²) in [6.07, 6.45) is 1.76. The molecule has 0 spiro atoms. The van der Waals surface area contributed by atoms with Gasteiger partial charge >= 0.3 is 5.97 Å². The average molecular weight is 422 g/mol. The Hall–Kier alpha value is -3.92. The zero-order chi connectivity index (χ0) is 22.2. The number of esters is 1. The van der Waals surface area contributed by atoms with Gasteiger partial charge in [0.1, 0.15) is 11.5 Å². The van der Waals surface area contributed by atoms with Crippen LogP contribution in [0.15, 0.2) is 72.8 Å². The molecule has 4 aromatic carbocycles. The number of carbonyl (C=O) groups is 2. The second-order valence-electron chi connectivity index (χ2n) is 8.03. The Morgan fingerprint density at radius 3 is 1.88 bits per heavy atom. The number of methoxy groups -OCH3 is 1. The van der Waals surface area contributed by atoms with Gasteiger partial charge in [0.2, 0.25) is 0 Å². The van der Waals surface area contributed by atoms with Gasteiger partial charge in [0.05, 0.1) is 12.7 Å². The van der Waals surface area contributed by atoms with E-state index >= 15 is 0 Å². The highest BCUT2D eigenvalue weighted by atomic mass is 16.5. The molecule has 1 aliphatic rings. The molecule has 4 aromatic rings. The molecule has 32 heavy (non-hydrogen) atoms. The Bertz CT molecular complexity index is 1380. The van der Waals surface area contributed by atoms with E-state index in [1.807, 2.05) is 48.5 Å². The zero-order valence-electron chi connectivity index (χ0n) is 18.0. The standard InChI is InChI=1S/C28H22O4/c1-17(29)26-15-18-5-3-4-6-19(18)16-27(26)28(30)32-23-10-12-25-21(14-23)8-7-20-13-22(31-2)9-11-24(20)25/h3-6,9-16H,7-8H2,1-2H3. The quantitative estimate of drug-likeness (QED) is 0.229. The van der Waals surface area contributed by atoms with Gasteiger partial charge < -0.3 is 9.47 Å². The van der Waals surface area contributed by atoms with E-state index in [0.29, 0.717) is 11.3 Å². The smallest absolute Gasteiger partial charge is 0.344 e. The maximum atomic E-state index is 13.0. The maximum Gasteiger partial charge on any atom is 0.344 e. The summed E-state index contributed by atoms with van der Waals surface area (Å²) in [7, 11) is 1.67. The van der Waals surface area contributed by atoms with Crippen molar-refractivity contribution in [2.24, 2.45) is 0 Å². The molecule has 0 amide bonds. The maximum absolute atomic E-state index is 13.0.